The third kappa shape index (κ3) is 6.55. The van der Waals surface area contributed by atoms with Crippen LogP contribution in [0, 0.1) is 5.92 Å². The third-order valence-corrected chi connectivity index (χ3v) is 4.89. The van der Waals surface area contributed by atoms with Gasteiger partial charge in [0, 0.05) is 24.5 Å². The van der Waals surface area contributed by atoms with Crippen LogP contribution in [0.1, 0.15) is 30.5 Å². The van der Waals surface area contributed by atoms with Gasteiger partial charge in [0.15, 0.2) is 5.96 Å². The summed E-state index contributed by atoms with van der Waals surface area (Å²) in [6.07, 6.45) is 2.80. The van der Waals surface area contributed by atoms with Crippen LogP contribution in [0.5, 0.6) is 0 Å². The van der Waals surface area contributed by atoms with E-state index in [1.165, 1.54) is 4.88 Å². The van der Waals surface area contributed by atoms with Crippen LogP contribution in [0.15, 0.2) is 45.3 Å². The molecular formula is C19H30N4OS. The monoisotopic (exact) mass is 362 g/mol. The molecule has 0 aliphatic rings. The van der Waals surface area contributed by atoms with Crippen LogP contribution in [-0.2, 0) is 6.42 Å². The molecule has 2 rings (SSSR count). The number of nitrogens with zero attached hydrogens (tertiary/aromatic N) is 2. The lowest BCUT2D eigenvalue weighted by Crippen LogP contribution is -2.42. The first-order valence-corrected chi connectivity index (χ1v) is 9.72. The Balaban J connectivity index is 1.90. The van der Waals surface area contributed by atoms with Gasteiger partial charge in [0.1, 0.15) is 5.76 Å². The van der Waals surface area contributed by atoms with Crippen molar-refractivity contribution in [2.75, 3.05) is 33.7 Å². The number of rotatable bonds is 9. The fourth-order valence-electron chi connectivity index (χ4n) is 2.64. The molecule has 2 aromatic heterocycles. The smallest absolute Gasteiger partial charge is 0.191 e. The van der Waals surface area contributed by atoms with Gasteiger partial charge in [0.05, 0.1) is 12.3 Å². The summed E-state index contributed by atoms with van der Waals surface area (Å²) in [4.78, 5) is 8.33. The second kappa shape index (κ2) is 10.3. The average molecular weight is 363 g/mol. The normalized spacial score (nSPS) is 14.5. The topological polar surface area (TPSA) is 52.8 Å². The summed E-state index contributed by atoms with van der Waals surface area (Å²) in [5, 5.41) is 8.91. The zero-order valence-electron chi connectivity index (χ0n) is 15.7. The lowest BCUT2D eigenvalue weighted by molar-refractivity contribution is 0.258. The average Bonchev–Trinajstić information content (AvgIpc) is 3.26. The summed E-state index contributed by atoms with van der Waals surface area (Å²) in [6, 6.07) is 8.41. The van der Waals surface area contributed by atoms with Crippen molar-refractivity contribution in [2.45, 2.75) is 26.3 Å². The first kappa shape index (κ1) is 19.5. The van der Waals surface area contributed by atoms with Crippen molar-refractivity contribution in [3.63, 3.8) is 0 Å². The molecule has 0 aromatic carbocycles. The van der Waals surface area contributed by atoms with Gasteiger partial charge in [0.2, 0.25) is 0 Å². The minimum atomic E-state index is 0.169. The fourth-order valence-corrected chi connectivity index (χ4v) is 3.51. The summed E-state index contributed by atoms with van der Waals surface area (Å²) in [7, 11) is 4.12. The van der Waals surface area contributed by atoms with Gasteiger partial charge in [-0.3, -0.25) is 9.89 Å². The maximum atomic E-state index is 5.57. The van der Waals surface area contributed by atoms with E-state index in [0.29, 0.717) is 5.92 Å². The number of likely N-dealkylation sites (N-methyl/N-ethyl adjacent to an activating group) is 1. The van der Waals surface area contributed by atoms with E-state index in [0.717, 1.165) is 37.8 Å². The van der Waals surface area contributed by atoms with Gasteiger partial charge < -0.3 is 15.1 Å². The van der Waals surface area contributed by atoms with Gasteiger partial charge in [-0.25, -0.2) is 0 Å². The number of aliphatic imine (C=N–C) groups is 1. The van der Waals surface area contributed by atoms with E-state index in [9.17, 15) is 0 Å². The molecule has 2 aromatic rings. The summed E-state index contributed by atoms with van der Waals surface area (Å²) in [5.74, 6) is 2.34. The predicted molar refractivity (Wildman–Crippen MR) is 106 cm³/mol. The van der Waals surface area contributed by atoms with Crippen LogP contribution in [0.25, 0.3) is 0 Å². The van der Waals surface area contributed by atoms with Gasteiger partial charge in [0.25, 0.3) is 0 Å². The molecule has 2 heterocycles. The Morgan fingerprint density at radius 3 is 2.72 bits per heavy atom. The molecule has 0 fully saturated rings. The Hall–Kier alpha value is -1.79. The molecule has 2 N–H and O–H groups in total. The molecule has 0 radical (unpaired) electrons. The molecule has 6 heteroatoms. The van der Waals surface area contributed by atoms with Crippen LogP contribution in [0.3, 0.4) is 0 Å². The van der Waals surface area contributed by atoms with E-state index >= 15 is 0 Å². The Morgan fingerprint density at radius 2 is 2.12 bits per heavy atom. The van der Waals surface area contributed by atoms with Gasteiger partial charge in [-0.05, 0) is 56.9 Å². The lowest BCUT2D eigenvalue weighted by atomic mass is 10.1. The zero-order valence-corrected chi connectivity index (χ0v) is 16.5. The quantitative estimate of drug-likeness (QED) is 0.530. The maximum Gasteiger partial charge on any atom is 0.191 e. The highest BCUT2D eigenvalue weighted by Crippen LogP contribution is 2.17. The van der Waals surface area contributed by atoms with Crippen LogP contribution in [0.2, 0.25) is 0 Å². The Labute approximate surface area is 155 Å². The number of hydrogen-bond acceptors (Lipinski definition) is 4. The Morgan fingerprint density at radius 1 is 1.28 bits per heavy atom. The summed E-state index contributed by atoms with van der Waals surface area (Å²) in [6.45, 7) is 6.73. The highest BCUT2D eigenvalue weighted by Gasteiger charge is 2.17. The molecule has 2 atom stereocenters. The molecule has 0 aliphatic heterocycles. The van der Waals surface area contributed by atoms with E-state index in [1.807, 2.05) is 23.5 Å². The largest absolute Gasteiger partial charge is 0.468 e. The highest BCUT2D eigenvalue weighted by atomic mass is 32.1. The molecule has 0 spiro atoms. The van der Waals surface area contributed by atoms with E-state index < -0.39 is 0 Å². The molecule has 0 saturated heterocycles. The lowest BCUT2D eigenvalue weighted by Gasteiger charge is -2.24. The second-order valence-corrected chi connectivity index (χ2v) is 7.52. The SMILES string of the molecule is CCNC(=NCC(C)Cc1cccs1)NCC(c1ccco1)N(C)C. The fraction of sp³-hybridized carbons (Fsp3) is 0.526. The summed E-state index contributed by atoms with van der Waals surface area (Å²) >= 11 is 1.82. The number of furan rings is 1. The van der Waals surface area contributed by atoms with Crippen molar-refractivity contribution in [3.8, 4) is 0 Å². The molecule has 2 unspecified atom stereocenters. The van der Waals surface area contributed by atoms with Gasteiger partial charge in [-0.1, -0.05) is 13.0 Å². The highest BCUT2D eigenvalue weighted by molar-refractivity contribution is 7.09. The van der Waals surface area contributed by atoms with Gasteiger partial charge >= 0.3 is 0 Å². The summed E-state index contributed by atoms with van der Waals surface area (Å²) in [5.41, 5.74) is 0. The molecular weight excluding hydrogens is 332 g/mol. The molecule has 25 heavy (non-hydrogen) atoms. The Kier molecular flexibility index (Phi) is 8.01. The van der Waals surface area contributed by atoms with Crippen molar-refractivity contribution in [2.24, 2.45) is 10.9 Å². The number of hydrogen-bond donors (Lipinski definition) is 2. The third-order valence-electron chi connectivity index (χ3n) is 3.99. The van der Waals surface area contributed by atoms with Crippen LogP contribution >= 0.6 is 11.3 Å². The standard InChI is InChI=1S/C19H30N4OS/c1-5-20-19(21-13-15(2)12-16-8-7-11-25-16)22-14-17(23(3)4)18-9-6-10-24-18/h6-11,15,17H,5,12-14H2,1-4H3,(H2,20,21,22). The summed E-state index contributed by atoms with van der Waals surface area (Å²) < 4.78 is 5.57. The van der Waals surface area contributed by atoms with E-state index in [1.54, 1.807) is 6.26 Å². The minimum absolute atomic E-state index is 0.169. The van der Waals surface area contributed by atoms with E-state index in [-0.39, 0.29) is 6.04 Å². The predicted octanol–water partition coefficient (Wildman–Crippen LogP) is 3.38. The number of nitrogens with one attached hydrogen (secondary N) is 2. The molecule has 0 saturated carbocycles. The molecule has 0 amide bonds. The molecule has 0 bridgehead atoms. The van der Waals surface area contributed by atoms with Crippen LogP contribution in [0.4, 0.5) is 0 Å². The van der Waals surface area contributed by atoms with Gasteiger partial charge in [-0.15, -0.1) is 11.3 Å². The maximum absolute atomic E-state index is 5.57. The van der Waals surface area contributed by atoms with Crippen LogP contribution < -0.4 is 10.6 Å². The van der Waals surface area contributed by atoms with Crippen molar-refractivity contribution >= 4 is 17.3 Å². The first-order chi connectivity index (χ1) is 12.1. The molecule has 138 valence electrons. The van der Waals surface area contributed by atoms with E-state index in [4.69, 9.17) is 9.41 Å². The van der Waals surface area contributed by atoms with Crippen molar-refractivity contribution < 1.29 is 4.42 Å². The van der Waals surface area contributed by atoms with Crippen molar-refractivity contribution in [3.05, 3.63) is 46.5 Å². The number of guanidine groups is 1. The van der Waals surface area contributed by atoms with Crippen molar-refractivity contribution in [1.82, 2.24) is 15.5 Å². The van der Waals surface area contributed by atoms with Crippen molar-refractivity contribution in [1.29, 1.82) is 0 Å². The molecule has 0 aliphatic carbocycles. The number of thiophene rings is 1. The second-order valence-electron chi connectivity index (χ2n) is 6.48. The zero-order chi connectivity index (χ0) is 18.1. The first-order valence-electron chi connectivity index (χ1n) is 8.84. The van der Waals surface area contributed by atoms with Gasteiger partial charge in [-0.2, -0.15) is 0 Å². The Bertz CT molecular complexity index is 607. The van der Waals surface area contributed by atoms with Crippen LogP contribution in [-0.4, -0.2) is 44.6 Å². The van der Waals surface area contributed by atoms with E-state index in [2.05, 4.69) is 61.0 Å². The minimum Gasteiger partial charge on any atom is -0.468 e. The molecule has 5 nitrogen and oxygen atoms in total.